The molecule has 0 bridgehead atoms. The maximum absolute atomic E-state index is 9.51. The largest absolute Gasteiger partial charge is 0.396 e. The molecule has 1 aliphatic carbocycles. The van der Waals surface area contributed by atoms with Crippen molar-refractivity contribution in [1.29, 1.82) is 0 Å². The number of thiophene rings is 1. The van der Waals surface area contributed by atoms with Crippen LogP contribution in [0.2, 0.25) is 0 Å². The van der Waals surface area contributed by atoms with E-state index in [2.05, 4.69) is 11.4 Å². The summed E-state index contributed by atoms with van der Waals surface area (Å²) in [6, 6.07) is 4.13. The first-order valence-electron chi connectivity index (χ1n) is 5.18. The minimum Gasteiger partial charge on any atom is -0.396 e. The monoisotopic (exact) mass is 211 g/mol. The molecule has 1 atom stereocenters. The third-order valence-electron chi connectivity index (χ3n) is 3.42. The van der Waals surface area contributed by atoms with Crippen LogP contribution in [-0.4, -0.2) is 11.7 Å². The number of aliphatic hydroxyl groups excluding tert-OH is 1. The third kappa shape index (κ3) is 1.60. The van der Waals surface area contributed by atoms with Crippen molar-refractivity contribution >= 4 is 11.3 Å². The van der Waals surface area contributed by atoms with Gasteiger partial charge in [0.15, 0.2) is 0 Å². The van der Waals surface area contributed by atoms with Gasteiger partial charge in [-0.3, -0.25) is 0 Å². The van der Waals surface area contributed by atoms with Crippen LogP contribution in [0.5, 0.6) is 0 Å². The predicted molar refractivity (Wildman–Crippen MR) is 59.2 cm³/mol. The summed E-state index contributed by atoms with van der Waals surface area (Å²) in [5, 5.41) is 11.6. The zero-order valence-electron chi connectivity index (χ0n) is 8.28. The van der Waals surface area contributed by atoms with Crippen molar-refractivity contribution in [1.82, 2.24) is 0 Å². The molecule has 1 fully saturated rings. The van der Waals surface area contributed by atoms with Crippen LogP contribution >= 0.6 is 11.3 Å². The molecular formula is C11H17NOS. The molecule has 14 heavy (non-hydrogen) atoms. The smallest absolute Gasteiger partial charge is 0.0505 e. The fraction of sp³-hybridized carbons (Fsp3) is 0.636. The lowest BCUT2D eigenvalue weighted by molar-refractivity contribution is 0.103. The second-order valence-corrected chi connectivity index (χ2v) is 5.20. The highest BCUT2D eigenvalue weighted by atomic mass is 32.1. The van der Waals surface area contributed by atoms with E-state index in [0.717, 1.165) is 12.8 Å². The molecule has 1 saturated carbocycles. The van der Waals surface area contributed by atoms with Gasteiger partial charge in [-0.15, -0.1) is 11.3 Å². The average molecular weight is 211 g/mol. The van der Waals surface area contributed by atoms with Gasteiger partial charge in [0.25, 0.3) is 0 Å². The van der Waals surface area contributed by atoms with E-state index in [0.29, 0.717) is 0 Å². The molecule has 0 saturated heterocycles. The number of aliphatic hydroxyl groups is 1. The van der Waals surface area contributed by atoms with Crippen LogP contribution in [0.3, 0.4) is 0 Å². The number of nitrogens with two attached hydrogens (primary N) is 1. The summed E-state index contributed by atoms with van der Waals surface area (Å²) in [4.78, 5) is 1.21. The van der Waals surface area contributed by atoms with Gasteiger partial charge in [0.05, 0.1) is 6.61 Å². The summed E-state index contributed by atoms with van der Waals surface area (Å²) in [5.41, 5.74) is 6.20. The summed E-state index contributed by atoms with van der Waals surface area (Å²) >= 11 is 1.70. The molecule has 78 valence electrons. The van der Waals surface area contributed by atoms with Gasteiger partial charge in [0.2, 0.25) is 0 Å². The summed E-state index contributed by atoms with van der Waals surface area (Å²) in [7, 11) is 0. The number of hydrogen-bond acceptors (Lipinski definition) is 3. The van der Waals surface area contributed by atoms with Crippen LogP contribution < -0.4 is 5.73 Å². The first-order valence-corrected chi connectivity index (χ1v) is 6.06. The Bertz CT molecular complexity index is 277. The van der Waals surface area contributed by atoms with Crippen molar-refractivity contribution in [2.75, 3.05) is 6.61 Å². The zero-order valence-corrected chi connectivity index (χ0v) is 9.09. The fourth-order valence-electron chi connectivity index (χ4n) is 2.42. The molecular weight excluding hydrogens is 194 g/mol. The summed E-state index contributed by atoms with van der Waals surface area (Å²) in [5.74, 6) is 0. The highest BCUT2D eigenvalue weighted by molar-refractivity contribution is 7.10. The third-order valence-corrected chi connectivity index (χ3v) is 4.38. The molecule has 3 heteroatoms. The van der Waals surface area contributed by atoms with Crippen molar-refractivity contribution in [3.63, 3.8) is 0 Å². The Kier molecular flexibility index (Phi) is 2.91. The number of hydrogen-bond donors (Lipinski definition) is 2. The van der Waals surface area contributed by atoms with E-state index >= 15 is 0 Å². The van der Waals surface area contributed by atoms with Crippen LogP contribution in [0.1, 0.15) is 36.6 Å². The van der Waals surface area contributed by atoms with Crippen molar-refractivity contribution in [2.24, 2.45) is 11.1 Å². The first kappa shape index (κ1) is 10.1. The van der Waals surface area contributed by atoms with E-state index in [4.69, 9.17) is 5.73 Å². The normalized spacial score (nSPS) is 22.4. The van der Waals surface area contributed by atoms with Gasteiger partial charge in [-0.1, -0.05) is 18.9 Å². The van der Waals surface area contributed by atoms with E-state index in [1.165, 1.54) is 17.7 Å². The van der Waals surface area contributed by atoms with Crippen molar-refractivity contribution in [2.45, 2.75) is 31.7 Å². The van der Waals surface area contributed by atoms with E-state index in [1.807, 2.05) is 6.07 Å². The Balaban J connectivity index is 2.19. The molecule has 0 radical (unpaired) electrons. The van der Waals surface area contributed by atoms with E-state index in [-0.39, 0.29) is 18.1 Å². The molecule has 3 N–H and O–H groups in total. The van der Waals surface area contributed by atoms with E-state index < -0.39 is 0 Å². The summed E-state index contributed by atoms with van der Waals surface area (Å²) < 4.78 is 0. The van der Waals surface area contributed by atoms with Gasteiger partial charge in [-0.2, -0.15) is 0 Å². The lowest BCUT2D eigenvalue weighted by atomic mass is 9.79. The molecule has 1 unspecified atom stereocenters. The van der Waals surface area contributed by atoms with Crippen molar-refractivity contribution in [3.8, 4) is 0 Å². The van der Waals surface area contributed by atoms with E-state index in [9.17, 15) is 5.11 Å². The molecule has 1 aliphatic rings. The lowest BCUT2D eigenvalue weighted by Crippen LogP contribution is -2.34. The van der Waals surface area contributed by atoms with Crippen LogP contribution in [0, 0.1) is 5.41 Å². The maximum Gasteiger partial charge on any atom is 0.0505 e. The molecule has 1 aromatic heterocycles. The summed E-state index contributed by atoms with van der Waals surface area (Å²) in [6.45, 7) is 0.228. The predicted octanol–water partition coefficient (Wildman–Crippen LogP) is 2.30. The fourth-order valence-corrected chi connectivity index (χ4v) is 3.28. The van der Waals surface area contributed by atoms with Gasteiger partial charge in [0.1, 0.15) is 0 Å². The molecule has 2 rings (SSSR count). The number of rotatable bonds is 3. The van der Waals surface area contributed by atoms with Crippen LogP contribution in [0.25, 0.3) is 0 Å². The molecule has 1 heterocycles. The summed E-state index contributed by atoms with van der Waals surface area (Å²) in [6.07, 6.45) is 4.56. The van der Waals surface area contributed by atoms with Gasteiger partial charge in [-0.25, -0.2) is 0 Å². The highest BCUT2D eigenvalue weighted by Gasteiger charge is 2.39. The van der Waals surface area contributed by atoms with Crippen LogP contribution in [0.15, 0.2) is 17.5 Å². The molecule has 0 aliphatic heterocycles. The highest BCUT2D eigenvalue weighted by Crippen LogP contribution is 2.46. The Morgan fingerprint density at radius 1 is 1.50 bits per heavy atom. The second-order valence-electron chi connectivity index (χ2n) is 4.22. The lowest BCUT2D eigenvalue weighted by Gasteiger charge is -2.32. The Hall–Kier alpha value is -0.380. The minimum absolute atomic E-state index is 0.0231. The van der Waals surface area contributed by atoms with Crippen molar-refractivity contribution < 1.29 is 5.11 Å². The molecule has 0 amide bonds. The minimum atomic E-state index is -0.0369. The molecule has 0 spiro atoms. The maximum atomic E-state index is 9.51. The Morgan fingerprint density at radius 2 is 2.21 bits per heavy atom. The van der Waals surface area contributed by atoms with Gasteiger partial charge in [0, 0.05) is 16.3 Å². The van der Waals surface area contributed by atoms with Crippen LogP contribution in [-0.2, 0) is 0 Å². The topological polar surface area (TPSA) is 46.2 Å². The van der Waals surface area contributed by atoms with Gasteiger partial charge < -0.3 is 10.8 Å². The molecule has 0 aromatic carbocycles. The zero-order chi connectivity index (χ0) is 10.0. The van der Waals surface area contributed by atoms with Gasteiger partial charge in [-0.05, 0) is 24.3 Å². The van der Waals surface area contributed by atoms with E-state index in [1.54, 1.807) is 11.3 Å². The SMILES string of the molecule is NC(c1cccs1)C1(CO)CCCC1. The second kappa shape index (κ2) is 4.01. The van der Waals surface area contributed by atoms with Crippen LogP contribution in [0.4, 0.5) is 0 Å². The van der Waals surface area contributed by atoms with Gasteiger partial charge >= 0.3 is 0 Å². The first-order chi connectivity index (χ1) is 6.78. The standard InChI is InChI=1S/C11H17NOS/c12-10(9-4-3-7-14-9)11(8-13)5-1-2-6-11/h3-4,7,10,13H,1-2,5-6,8,12H2. The Morgan fingerprint density at radius 3 is 2.71 bits per heavy atom. The molecule has 1 aromatic rings. The molecule has 2 nitrogen and oxygen atoms in total. The average Bonchev–Trinajstić information content (AvgIpc) is 2.89. The quantitative estimate of drug-likeness (QED) is 0.806. The van der Waals surface area contributed by atoms with Crippen molar-refractivity contribution in [3.05, 3.63) is 22.4 Å². The Labute approximate surface area is 88.8 Å².